The summed E-state index contributed by atoms with van der Waals surface area (Å²) in [5.74, 6) is 0.950. The summed E-state index contributed by atoms with van der Waals surface area (Å²) < 4.78 is 6.79. The van der Waals surface area contributed by atoms with Gasteiger partial charge in [-0.05, 0) is 53.6 Å². The number of methoxy groups -OCH3 is 1. The van der Waals surface area contributed by atoms with Gasteiger partial charge in [-0.25, -0.2) is 0 Å². The van der Waals surface area contributed by atoms with E-state index in [1.165, 1.54) is 17.3 Å². The van der Waals surface area contributed by atoms with Crippen molar-refractivity contribution in [1.29, 1.82) is 0 Å². The average Bonchev–Trinajstić information content (AvgIpc) is 3.13. The Morgan fingerprint density at radius 2 is 1.96 bits per heavy atom. The molecule has 0 unspecified atom stereocenters. The molecule has 1 amide bonds. The first kappa shape index (κ1) is 18.9. The highest BCUT2D eigenvalue weighted by Gasteiger charge is 2.13. The number of carbonyl (C=O) groups is 1. The Bertz CT molecular complexity index is 924. The molecule has 0 saturated heterocycles. The number of aromatic nitrogens is 4. The Hall–Kier alpha value is -2.87. The van der Waals surface area contributed by atoms with Gasteiger partial charge in [0, 0.05) is 6.54 Å². The van der Waals surface area contributed by atoms with Gasteiger partial charge < -0.3 is 10.1 Å². The molecule has 27 heavy (non-hydrogen) atoms. The molecule has 0 fully saturated rings. The van der Waals surface area contributed by atoms with E-state index in [1.807, 2.05) is 50.2 Å². The lowest BCUT2D eigenvalue weighted by Crippen LogP contribution is -2.24. The monoisotopic (exact) mass is 383 g/mol. The first-order chi connectivity index (χ1) is 13.1. The van der Waals surface area contributed by atoms with Crippen LogP contribution in [0.2, 0.25) is 0 Å². The van der Waals surface area contributed by atoms with Crippen LogP contribution in [0.3, 0.4) is 0 Å². The minimum Gasteiger partial charge on any atom is -0.497 e. The number of carbonyl (C=O) groups excluding carboxylic acids is 1. The zero-order valence-corrected chi connectivity index (χ0v) is 16.3. The number of tetrazole rings is 1. The minimum absolute atomic E-state index is 0.0778. The van der Waals surface area contributed by atoms with Crippen LogP contribution in [0.5, 0.6) is 5.75 Å². The maximum atomic E-state index is 12.2. The molecule has 3 aromatic rings. The number of thioether (sulfide) groups is 1. The average molecular weight is 383 g/mol. The van der Waals surface area contributed by atoms with Crippen molar-refractivity contribution >= 4 is 17.7 Å². The number of nitrogens with zero attached hydrogens (tertiary/aromatic N) is 4. The molecule has 0 aliphatic heterocycles. The number of rotatable bonds is 7. The maximum Gasteiger partial charge on any atom is 0.230 e. The Balaban J connectivity index is 1.57. The van der Waals surface area contributed by atoms with Gasteiger partial charge in [0.25, 0.3) is 0 Å². The van der Waals surface area contributed by atoms with Crippen LogP contribution in [-0.2, 0) is 11.3 Å². The van der Waals surface area contributed by atoms with E-state index in [9.17, 15) is 4.79 Å². The molecule has 1 heterocycles. The van der Waals surface area contributed by atoms with Gasteiger partial charge in [0.2, 0.25) is 11.1 Å². The highest BCUT2D eigenvalue weighted by molar-refractivity contribution is 7.99. The van der Waals surface area contributed by atoms with Gasteiger partial charge in [0.05, 0.1) is 18.6 Å². The molecule has 7 nitrogen and oxygen atoms in total. The second-order valence-electron chi connectivity index (χ2n) is 6.08. The molecule has 0 saturated carbocycles. The van der Waals surface area contributed by atoms with E-state index in [1.54, 1.807) is 11.8 Å². The zero-order chi connectivity index (χ0) is 19.2. The first-order valence-electron chi connectivity index (χ1n) is 8.45. The molecule has 0 spiro atoms. The first-order valence-corrected chi connectivity index (χ1v) is 9.44. The van der Waals surface area contributed by atoms with Crippen LogP contribution in [0.15, 0.2) is 47.6 Å². The van der Waals surface area contributed by atoms with Crippen molar-refractivity contribution in [3.63, 3.8) is 0 Å². The van der Waals surface area contributed by atoms with E-state index in [0.29, 0.717) is 11.7 Å². The van der Waals surface area contributed by atoms with Gasteiger partial charge in [0.15, 0.2) is 0 Å². The molecule has 0 radical (unpaired) electrons. The van der Waals surface area contributed by atoms with Gasteiger partial charge >= 0.3 is 0 Å². The Morgan fingerprint density at radius 1 is 1.19 bits per heavy atom. The van der Waals surface area contributed by atoms with Gasteiger partial charge in [-0.2, -0.15) is 4.68 Å². The Kier molecular flexibility index (Phi) is 6.08. The van der Waals surface area contributed by atoms with Crippen LogP contribution in [0, 0.1) is 13.8 Å². The number of hydrogen-bond acceptors (Lipinski definition) is 6. The fourth-order valence-electron chi connectivity index (χ4n) is 2.59. The summed E-state index contributed by atoms with van der Waals surface area (Å²) >= 11 is 1.31. The highest BCUT2D eigenvalue weighted by Crippen LogP contribution is 2.21. The predicted octanol–water partition coefficient (Wildman–Crippen LogP) is 2.70. The molecule has 1 aromatic heterocycles. The number of ether oxygens (including phenoxy) is 1. The van der Waals surface area contributed by atoms with E-state index in [4.69, 9.17) is 4.74 Å². The molecule has 8 heteroatoms. The van der Waals surface area contributed by atoms with Crippen molar-refractivity contribution in [3.8, 4) is 11.4 Å². The van der Waals surface area contributed by atoms with Crippen LogP contribution in [0.1, 0.15) is 16.7 Å². The van der Waals surface area contributed by atoms with Crippen molar-refractivity contribution in [2.24, 2.45) is 0 Å². The van der Waals surface area contributed by atoms with Gasteiger partial charge in [-0.3, -0.25) is 4.79 Å². The second-order valence-corrected chi connectivity index (χ2v) is 7.02. The summed E-state index contributed by atoms with van der Waals surface area (Å²) in [4.78, 5) is 12.2. The van der Waals surface area contributed by atoms with Gasteiger partial charge in [0.1, 0.15) is 5.75 Å². The SMILES string of the molecule is COc1ccc(CNC(=O)CSc2nnnn2-c2ccc(C)cc2C)cc1. The topological polar surface area (TPSA) is 81.9 Å². The Labute approximate surface area is 162 Å². The lowest BCUT2D eigenvalue weighted by molar-refractivity contribution is -0.118. The van der Waals surface area contributed by atoms with Crippen LogP contribution < -0.4 is 10.1 Å². The number of aryl methyl sites for hydroxylation is 2. The zero-order valence-electron chi connectivity index (χ0n) is 15.5. The molecule has 2 aromatic carbocycles. The number of benzene rings is 2. The van der Waals surface area contributed by atoms with E-state index in [0.717, 1.165) is 22.6 Å². The van der Waals surface area contributed by atoms with Crippen LogP contribution in [-0.4, -0.2) is 39.0 Å². The van der Waals surface area contributed by atoms with Crippen molar-refractivity contribution in [2.45, 2.75) is 25.5 Å². The third-order valence-electron chi connectivity index (χ3n) is 4.00. The van der Waals surface area contributed by atoms with E-state index >= 15 is 0 Å². The van der Waals surface area contributed by atoms with Crippen LogP contribution in [0.4, 0.5) is 0 Å². The van der Waals surface area contributed by atoms with Crippen LogP contribution in [0.25, 0.3) is 5.69 Å². The van der Waals surface area contributed by atoms with Crippen molar-refractivity contribution in [3.05, 3.63) is 59.2 Å². The quantitative estimate of drug-likeness (QED) is 0.632. The summed E-state index contributed by atoms with van der Waals surface area (Å²) in [7, 11) is 1.62. The lowest BCUT2D eigenvalue weighted by Gasteiger charge is -2.09. The van der Waals surface area contributed by atoms with Gasteiger partial charge in [-0.15, -0.1) is 5.10 Å². The largest absolute Gasteiger partial charge is 0.497 e. The molecule has 0 aliphatic carbocycles. The molecule has 140 valence electrons. The normalized spacial score (nSPS) is 10.6. The summed E-state index contributed by atoms with van der Waals surface area (Å²) in [6, 6.07) is 13.7. The molecule has 0 bridgehead atoms. The smallest absolute Gasteiger partial charge is 0.230 e. The minimum atomic E-state index is -0.0778. The molecule has 0 atom stereocenters. The fraction of sp³-hybridized carbons (Fsp3) is 0.263. The van der Waals surface area contributed by atoms with Crippen LogP contribution >= 0.6 is 11.8 Å². The van der Waals surface area contributed by atoms with E-state index in [2.05, 4.69) is 26.9 Å². The number of amides is 1. The molecular weight excluding hydrogens is 362 g/mol. The second kappa shape index (κ2) is 8.68. The van der Waals surface area contributed by atoms with E-state index < -0.39 is 0 Å². The summed E-state index contributed by atoms with van der Waals surface area (Å²) in [6.45, 7) is 4.52. The van der Waals surface area contributed by atoms with Crippen molar-refractivity contribution < 1.29 is 9.53 Å². The standard InChI is InChI=1S/C19H21N5O2S/c1-13-4-9-17(14(2)10-13)24-19(21-22-23-24)27-12-18(25)20-11-15-5-7-16(26-3)8-6-15/h4-10H,11-12H2,1-3H3,(H,20,25). The number of hydrogen-bond donors (Lipinski definition) is 1. The highest BCUT2D eigenvalue weighted by atomic mass is 32.2. The maximum absolute atomic E-state index is 12.2. The third kappa shape index (κ3) is 4.85. The van der Waals surface area contributed by atoms with E-state index in [-0.39, 0.29) is 11.7 Å². The summed E-state index contributed by atoms with van der Waals surface area (Å²) in [5, 5.41) is 15.3. The van der Waals surface area contributed by atoms with Crippen molar-refractivity contribution in [2.75, 3.05) is 12.9 Å². The molecule has 1 N–H and O–H groups in total. The summed E-state index contributed by atoms with van der Waals surface area (Å²) in [6.07, 6.45) is 0. The fourth-order valence-corrected chi connectivity index (χ4v) is 3.30. The molecular formula is C19H21N5O2S. The lowest BCUT2D eigenvalue weighted by atomic mass is 10.1. The third-order valence-corrected chi connectivity index (χ3v) is 4.92. The molecule has 0 aliphatic rings. The predicted molar refractivity (Wildman–Crippen MR) is 104 cm³/mol. The number of nitrogens with one attached hydrogen (secondary N) is 1. The van der Waals surface area contributed by atoms with Crippen molar-refractivity contribution in [1.82, 2.24) is 25.5 Å². The molecule has 3 rings (SSSR count). The van der Waals surface area contributed by atoms with Gasteiger partial charge in [-0.1, -0.05) is 41.6 Å². The Morgan fingerprint density at radius 3 is 2.67 bits per heavy atom. The summed E-state index contributed by atoms with van der Waals surface area (Å²) in [5.41, 5.74) is 4.17.